The van der Waals surface area contributed by atoms with E-state index in [-0.39, 0.29) is 35.3 Å². The molecule has 4 nitrogen and oxygen atoms in total. The molecule has 0 aliphatic carbocycles. The molecule has 0 heterocycles. The summed E-state index contributed by atoms with van der Waals surface area (Å²) in [6.45, 7) is 7.48. The second-order valence-corrected chi connectivity index (χ2v) is 3.98. The number of carbonyl (C=O) groups excluding carboxylic acids is 1. The van der Waals surface area contributed by atoms with Crippen LogP contribution in [0.2, 0.25) is 0 Å². The Morgan fingerprint density at radius 2 is 1.78 bits per heavy atom. The van der Waals surface area contributed by atoms with Crippen molar-refractivity contribution in [2.45, 2.75) is 27.3 Å². The van der Waals surface area contributed by atoms with E-state index in [4.69, 9.17) is 0 Å². The molecule has 0 spiro atoms. The number of aromatic hydroxyl groups is 2. The number of hydrogen-bond acceptors (Lipinski definition) is 4. The van der Waals surface area contributed by atoms with Crippen LogP contribution >= 0.6 is 12.4 Å². The maximum absolute atomic E-state index is 11.3. The van der Waals surface area contributed by atoms with Crippen molar-refractivity contribution in [2.24, 2.45) is 0 Å². The summed E-state index contributed by atoms with van der Waals surface area (Å²) in [6.07, 6.45) is 0. The van der Waals surface area contributed by atoms with Gasteiger partial charge in [-0.25, -0.2) is 0 Å². The van der Waals surface area contributed by atoms with Crippen LogP contribution in [0.25, 0.3) is 0 Å². The van der Waals surface area contributed by atoms with Crippen molar-refractivity contribution >= 4 is 18.2 Å². The molecule has 5 heteroatoms. The highest BCUT2D eigenvalue weighted by Gasteiger charge is 2.16. The van der Waals surface area contributed by atoms with Gasteiger partial charge in [-0.05, 0) is 32.1 Å². The van der Waals surface area contributed by atoms with Gasteiger partial charge in [-0.1, -0.05) is 13.8 Å². The molecule has 2 N–H and O–H groups in total. The number of phenols is 2. The summed E-state index contributed by atoms with van der Waals surface area (Å²) < 4.78 is 0. The van der Waals surface area contributed by atoms with Crippen molar-refractivity contribution in [2.75, 3.05) is 13.1 Å². The van der Waals surface area contributed by atoms with Gasteiger partial charge in [-0.15, -0.1) is 12.4 Å². The monoisotopic (exact) mass is 273 g/mol. The first-order valence-corrected chi connectivity index (χ1v) is 5.78. The molecule has 0 bridgehead atoms. The standard InChI is InChI=1S/C13H19NO3.ClH/c1-4-14(5-2)8-11-12(16)7-6-10(9(3)15)13(11)17;/h6-7,16-17H,4-5,8H2,1-3H3;1H. The summed E-state index contributed by atoms with van der Waals surface area (Å²) in [5.41, 5.74) is 0.673. The van der Waals surface area contributed by atoms with Gasteiger partial charge in [0, 0.05) is 6.54 Å². The van der Waals surface area contributed by atoms with Gasteiger partial charge in [0.1, 0.15) is 11.5 Å². The van der Waals surface area contributed by atoms with Crippen LogP contribution < -0.4 is 0 Å². The summed E-state index contributed by atoms with van der Waals surface area (Å²) in [7, 11) is 0. The third-order valence-corrected chi connectivity index (χ3v) is 2.91. The topological polar surface area (TPSA) is 60.8 Å². The molecular formula is C13H20ClNO3. The fraction of sp³-hybridized carbons (Fsp3) is 0.462. The average Bonchev–Trinajstić information content (AvgIpc) is 2.29. The van der Waals surface area contributed by atoms with Crippen molar-refractivity contribution in [3.63, 3.8) is 0 Å². The smallest absolute Gasteiger partial charge is 0.163 e. The Hall–Kier alpha value is -1.26. The van der Waals surface area contributed by atoms with Crippen molar-refractivity contribution < 1.29 is 15.0 Å². The number of phenolic OH excluding ortho intramolecular Hbond substituents is 2. The van der Waals surface area contributed by atoms with Crippen molar-refractivity contribution in [3.05, 3.63) is 23.3 Å². The molecule has 0 radical (unpaired) electrons. The molecule has 0 fully saturated rings. The van der Waals surface area contributed by atoms with Crippen LogP contribution in [0, 0.1) is 0 Å². The molecule has 0 atom stereocenters. The van der Waals surface area contributed by atoms with Gasteiger partial charge in [0.25, 0.3) is 0 Å². The minimum atomic E-state index is -0.205. The zero-order valence-corrected chi connectivity index (χ0v) is 11.8. The van der Waals surface area contributed by atoms with E-state index >= 15 is 0 Å². The molecule has 1 aromatic carbocycles. The molecule has 102 valence electrons. The largest absolute Gasteiger partial charge is 0.507 e. The molecule has 1 aromatic rings. The van der Waals surface area contributed by atoms with Gasteiger partial charge in [-0.3, -0.25) is 9.69 Å². The highest BCUT2D eigenvalue weighted by atomic mass is 35.5. The van der Waals surface area contributed by atoms with E-state index in [1.165, 1.54) is 19.1 Å². The second kappa shape index (κ2) is 7.24. The van der Waals surface area contributed by atoms with Gasteiger partial charge in [0.2, 0.25) is 0 Å². The minimum absolute atomic E-state index is 0. The third kappa shape index (κ3) is 3.62. The first kappa shape index (κ1) is 16.7. The van der Waals surface area contributed by atoms with Gasteiger partial charge in [-0.2, -0.15) is 0 Å². The Morgan fingerprint density at radius 3 is 2.22 bits per heavy atom. The van der Waals surface area contributed by atoms with Gasteiger partial charge in [0.15, 0.2) is 5.78 Å². The predicted octanol–water partition coefficient (Wildman–Crippen LogP) is 2.56. The number of halogens is 1. The molecule has 0 aliphatic heterocycles. The van der Waals surface area contributed by atoms with Crippen LogP contribution in [-0.4, -0.2) is 34.0 Å². The summed E-state index contributed by atoms with van der Waals surface area (Å²) in [5.74, 6) is -0.285. The molecule has 0 saturated carbocycles. The average molecular weight is 274 g/mol. The Labute approximate surface area is 114 Å². The number of carbonyl (C=O) groups is 1. The summed E-state index contributed by atoms with van der Waals surface area (Å²) in [4.78, 5) is 13.4. The van der Waals surface area contributed by atoms with E-state index in [9.17, 15) is 15.0 Å². The number of nitrogens with zero attached hydrogens (tertiary/aromatic N) is 1. The van der Waals surface area contributed by atoms with Gasteiger partial charge >= 0.3 is 0 Å². The lowest BCUT2D eigenvalue weighted by Gasteiger charge is -2.20. The lowest BCUT2D eigenvalue weighted by molar-refractivity contribution is 0.101. The number of rotatable bonds is 5. The van der Waals surface area contributed by atoms with E-state index in [1.807, 2.05) is 13.8 Å². The van der Waals surface area contributed by atoms with Crippen LogP contribution in [0.3, 0.4) is 0 Å². The molecular weight excluding hydrogens is 254 g/mol. The number of ketones is 1. The Balaban J connectivity index is 0.00000289. The van der Waals surface area contributed by atoms with E-state index in [0.717, 1.165) is 13.1 Å². The quantitative estimate of drug-likeness (QED) is 0.810. The molecule has 0 saturated heterocycles. The normalized spacial score (nSPS) is 10.2. The Morgan fingerprint density at radius 1 is 1.22 bits per heavy atom. The SMILES string of the molecule is CCN(CC)Cc1c(O)ccc(C(C)=O)c1O.Cl. The number of benzene rings is 1. The van der Waals surface area contributed by atoms with Gasteiger partial charge < -0.3 is 10.2 Å². The number of hydrogen-bond donors (Lipinski definition) is 2. The summed E-state index contributed by atoms with van der Waals surface area (Å²) >= 11 is 0. The molecule has 18 heavy (non-hydrogen) atoms. The molecule has 0 aliphatic rings. The van der Waals surface area contributed by atoms with Crippen LogP contribution in [0.4, 0.5) is 0 Å². The first-order valence-electron chi connectivity index (χ1n) is 5.78. The highest BCUT2D eigenvalue weighted by molar-refractivity contribution is 5.97. The third-order valence-electron chi connectivity index (χ3n) is 2.91. The Kier molecular flexibility index (Phi) is 6.73. The van der Waals surface area contributed by atoms with E-state index in [1.54, 1.807) is 0 Å². The first-order chi connectivity index (χ1) is 8.01. The number of Topliss-reactive ketones (excluding diaryl/α,β-unsaturated/α-hetero) is 1. The fourth-order valence-electron chi connectivity index (χ4n) is 1.74. The maximum Gasteiger partial charge on any atom is 0.163 e. The lowest BCUT2D eigenvalue weighted by atomic mass is 10.0. The van der Waals surface area contributed by atoms with Crippen LogP contribution in [0.1, 0.15) is 36.7 Å². The van der Waals surface area contributed by atoms with Crippen LogP contribution in [0.15, 0.2) is 12.1 Å². The molecule has 0 aromatic heterocycles. The molecule has 1 rings (SSSR count). The molecule has 0 amide bonds. The van der Waals surface area contributed by atoms with Gasteiger partial charge in [0.05, 0.1) is 11.1 Å². The maximum atomic E-state index is 11.3. The van der Waals surface area contributed by atoms with E-state index in [0.29, 0.717) is 12.1 Å². The van der Waals surface area contributed by atoms with Crippen molar-refractivity contribution in [1.82, 2.24) is 4.90 Å². The second-order valence-electron chi connectivity index (χ2n) is 3.98. The minimum Gasteiger partial charge on any atom is -0.507 e. The summed E-state index contributed by atoms with van der Waals surface area (Å²) in [5, 5.41) is 19.7. The van der Waals surface area contributed by atoms with Crippen LogP contribution in [-0.2, 0) is 6.54 Å². The van der Waals surface area contributed by atoms with Crippen molar-refractivity contribution in [3.8, 4) is 11.5 Å². The predicted molar refractivity (Wildman–Crippen MR) is 73.6 cm³/mol. The lowest BCUT2D eigenvalue weighted by Crippen LogP contribution is -2.22. The zero-order chi connectivity index (χ0) is 13.0. The van der Waals surface area contributed by atoms with Crippen LogP contribution in [0.5, 0.6) is 11.5 Å². The fourth-order valence-corrected chi connectivity index (χ4v) is 1.74. The Bertz CT molecular complexity index is 417. The molecule has 0 unspecified atom stereocenters. The van der Waals surface area contributed by atoms with E-state index in [2.05, 4.69) is 4.90 Å². The van der Waals surface area contributed by atoms with Crippen molar-refractivity contribution in [1.29, 1.82) is 0 Å². The summed E-state index contributed by atoms with van der Waals surface area (Å²) in [6, 6.07) is 2.90. The highest BCUT2D eigenvalue weighted by Crippen LogP contribution is 2.31. The van der Waals surface area contributed by atoms with E-state index < -0.39 is 0 Å². The zero-order valence-electron chi connectivity index (χ0n) is 10.9.